The van der Waals surface area contributed by atoms with Gasteiger partial charge >= 0.3 is 0 Å². The number of benzene rings is 1. The lowest BCUT2D eigenvalue weighted by Crippen LogP contribution is -2.27. The van der Waals surface area contributed by atoms with E-state index < -0.39 is 10.7 Å². The zero-order valence-corrected chi connectivity index (χ0v) is 12.8. The normalized spacial score (nSPS) is 12.5. The van der Waals surface area contributed by atoms with Gasteiger partial charge in [0.05, 0.1) is 8.49 Å². The van der Waals surface area contributed by atoms with Gasteiger partial charge in [-0.25, -0.2) is 4.39 Å². The van der Waals surface area contributed by atoms with Crippen molar-refractivity contribution >= 4 is 34.0 Å². The zero-order chi connectivity index (χ0) is 14.6. The summed E-state index contributed by atoms with van der Waals surface area (Å²) in [7, 11) is 0. The van der Waals surface area contributed by atoms with Crippen molar-refractivity contribution in [1.82, 2.24) is 0 Å². The predicted octanol–water partition coefficient (Wildman–Crippen LogP) is 3.16. The monoisotopic (exact) mass is 382 g/mol. The first-order valence-electron chi connectivity index (χ1n) is 5.87. The summed E-state index contributed by atoms with van der Waals surface area (Å²) >= 11 is 1.72. The van der Waals surface area contributed by atoms with E-state index >= 15 is 0 Å². The van der Waals surface area contributed by atoms with Crippen molar-refractivity contribution in [2.45, 2.75) is 26.3 Å². The highest BCUT2D eigenvalue weighted by molar-refractivity contribution is 14.1. The van der Waals surface area contributed by atoms with E-state index in [-0.39, 0.29) is 33.5 Å². The van der Waals surface area contributed by atoms with Gasteiger partial charge in [-0.3, -0.25) is 10.1 Å². The average Bonchev–Trinajstić information content (AvgIpc) is 2.32. The second-order valence-electron chi connectivity index (χ2n) is 4.55. The molecule has 0 aliphatic heterocycles. The Morgan fingerprint density at radius 2 is 2.16 bits per heavy atom. The van der Waals surface area contributed by atoms with Crippen LogP contribution in [0.4, 0.5) is 15.8 Å². The number of hydrogen-bond donors (Lipinski definition) is 2. The van der Waals surface area contributed by atoms with Crippen LogP contribution in [0.5, 0.6) is 0 Å². The van der Waals surface area contributed by atoms with Crippen molar-refractivity contribution in [1.29, 1.82) is 0 Å². The van der Waals surface area contributed by atoms with Crippen LogP contribution in [0.3, 0.4) is 0 Å². The molecular weight excluding hydrogens is 366 g/mol. The van der Waals surface area contributed by atoms with Gasteiger partial charge in [0.1, 0.15) is 11.5 Å². The SMILES string of the molecule is CC(C)C(CCO)Nc1cc(F)c(I)cc1[N+](=O)[O-]. The van der Waals surface area contributed by atoms with Crippen LogP contribution in [0.2, 0.25) is 0 Å². The quantitative estimate of drug-likeness (QED) is 0.450. The molecule has 2 N–H and O–H groups in total. The topological polar surface area (TPSA) is 75.4 Å². The summed E-state index contributed by atoms with van der Waals surface area (Å²) in [5, 5.41) is 22.9. The molecule has 0 spiro atoms. The Labute approximate surface area is 124 Å². The molecule has 106 valence electrons. The molecule has 19 heavy (non-hydrogen) atoms. The van der Waals surface area contributed by atoms with Gasteiger partial charge in [-0.1, -0.05) is 13.8 Å². The summed E-state index contributed by atoms with van der Waals surface area (Å²) in [4.78, 5) is 10.4. The van der Waals surface area contributed by atoms with E-state index in [2.05, 4.69) is 5.32 Å². The molecule has 5 nitrogen and oxygen atoms in total. The summed E-state index contributed by atoms with van der Waals surface area (Å²) in [5.41, 5.74) is -0.00976. The van der Waals surface area contributed by atoms with Gasteiger partial charge in [0.25, 0.3) is 5.69 Å². The molecule has 0 aromatic heterocycles. The van der Waals surface area contributed by atoms with Gasteiger partial charge < -0.3 is 10.4 Å². The van der Waals surface area contributed by atoms with Crippen LogP contribution in [0.1, 0.15) is 20.3 Å². The maximum absolute atomic E-state index is 13.5. The third kappa shape index (κ3) is 4.27. The highest BCUT2D eigenvalue weighted by atomic mass is 127. The van der Waals surface area contributed by atoms with Gasteiger partial charge in [0, 0.05) is 24.8 Å². The number of aliphatic hydroxyl groups is 1. The lowest BCUT2D eigenvalue weighted by molar-refractivity contribution is -0.384. The molecule has 1 rings (SSSR count). The molecule has 0 fully saturated rings. The van der Waals surface area contributed by atoms with Crippen molar-refractivity contribution in [3.63, 3.8) is 0 Å². The molecule has 0 amide bonds. The molecule has 0 aliphatic carbocycles. The highest BCUT2D eigenvalue weighted by Crippen LogP contribution is 2.30. The van der Waals surface area contributed by atoms with Crippen LogP contribution >= 0.6 is 22.6 Å². The van der Waals surface area contributed by atoms with E-state index in [0.717, 1.165) is 6.07 Å². The molecule has 1 aromatic carbocycles. The van der Waals surface area contributed by atoms with Crippen LogP contribution in [0.15, 0.2) is 12.1 Å². The fourth-order valence-corrected chi connectivity index (χ4v) is 2.16. The second-order valence-corrected chi connectivity index (χ2v) is 5.71. The molecule has 1 atom stereocenters. The van der Waals surface area contributed by atoms with Gasteiger partial charge in [-0.2, -0.15) is 0 Å². The minimum Gasteiger partial charge on any atom is -0.396 e. The van der Waals surface area contributed by atoms with Gasteiger partial charge in [0.2, 0.25) is 0 Å². The molecule has 0 heterocycles. The van der Waals surface area contributed by atoms with Gasteiger partial charge in [0.15, 0.2) is 0 Å². The molecule has 0 radical (unpaired) electrons. The van der Waals surface area contributed by atoms with E-state index in [1.165, 1.54) is 6.07 Å². The smallest absolute Gasteiger partial charge is 0.293 e. The number of nitrogens with one attached hydrogen (secondary N) is 1. The maximum atomic E-state index is 13.5. The Balaban J connectivity index is 3.10. The number of anilines is 1. The molecule has 0 bridgehead atoms. The third-order valence-corrected chi connectivity index (χ3v) is 3.65. The number of nitro benzene ring substituents is 1. The van der Waals surface area contributed by atoms with Crippen molar-refractivity contribution in [3.8, 4) is 0 Å². The summed E-state index contributed by atoms with van der Waals surface area (Å²) < 4.78 is 13.7. The fourth-order valence-electron chi connectivity index (χ4n) is 1.71. The van der Waals surface area contributed by atoms with E-state index in [1.54, 1.807) is 22.6 Å². The summed E-state index contributed by atoms with van der Waals surface area (Å²) in [6, 6.07) is 2.18. The van der Waals surface area contributed by atoms with Gasteiger partial charge in [-0.15, -0.1) is 0 Å². The van der Waals surface area contributed by atoms with Crippen LogP contribution in [-0.2, 0) is 0 Å². The molecule has 0 saturated heterocycles. The number of aliphatic hydroxyl groups excluding tert-OH is 1. The lowest BCUT2D eigenvalue weighted by atomic mass is 10.0. The first-order chi connectivity index (χ1) is 8.86. The van der Waals surface area contributed by atoms with Crippen molar-refractivity contribution < 1.29 is 14.4 Å². The maximum Gasteiger partial charge on any atom is 0.293 e. The lowest BCUT2D eigenvalue weighted by Gasteiger charge is -2.22. The Kier molecular flexibility index (Phi) is 5.92. The largest absolute Gasteiger partial charge is 0.396 e. The molecule has 7 heteroatoms. The van der Waals surface area contributed by atoms with Crippen LogP contribution in [0, 0.1) is 25.4 Å². The third-order valence-electron chi connectivity index (χ3n) is 2.82. The Hall–Kier alpha value is -0.960. The predicted molar refractivity (Wildman–Crippen MR) is 79.7 cm³/mol. The number of nitro groups is 1. The van der Waals surface area contributed by atoms with E-state index in [9.17, 15) is 14.5 Å². The van der Waals surface area contributed by atoms with Crippen molar-refractivity contribution in [2.24, 2.45) is 5.92 Å². The Morgan fingerprint density at radius 3 is 2.63 bits per heavy atom. The molecule has 1 unspecified atom stereocenters. The molecule has 1 aromatic rings. The molecule has 0 saturated carbocycles. The summed E-state index contributed by atoms with van der Waals surface area (Å²) in [5.74, 6) is -0.339. The minimum atomic E-state index is -0.541. The van der Waals surface area contributed by atoms with Crippen LogP contribution in [0.25, 0.3) is 0 Å². The number of hydrogen-bond acceptors (Lipinski definition) is 4. The Bertz CT molecular complexity index is 469. The number of rotatable bonds is 6. The van der Waals surface area contributed by atoms with Crippen LogP contribution < -0.4 is 5.32 Å². The average molecular weight is 382 g/mol. The van der Waals surface area contributed by atoms with Crippen molar-refractivity contribution in [3.05, 3.63) is 31.6 Å². The first kappa shape index (κ1) is 16.1. The minimum absolute atomic E-state index is 0.0313. The van der Waals surface area contributed by atoms with E-state index in [1.807, 2.05) is 13.8 Å². The number of nitrogens with zero attached hydrogens (tertiary/aromatic N) is 1. The Morgan fingerprint density at radius 1 is 1.53 bits per heavy atom. The van der Waals surface area contributed by atoms with Gasteiger partial charge in [-0.05, 0) is 34.9 Å². The second kappa shape index (κ2) is 6.99. The fraction of sp³-hybridized carbons (Fsp3) is 0.500. The van der Waals surface area contributed by atoms with E-state index in [4.69, 9.17) is 5.11 Å². The van der Waals surface area contributed by atoms with E-state index in [0.29, 0.717) is 6.42 Å². The molecular formula is C12H16FIN2O3. The molecule has 0 aliphatic rings. The highest BCUT2D eigenvalue weighted by Gasteiger charge is 2.21. The zero-order valence-electron chi connectivity index (χ0n) is 10.7. The number of halogens is 2. The van der Waals surface area contributed by atoms with Crippen LogP contribution in [-0.4, -0.2) is 22.7 Å². The standard InChI is InChI=1S/C12H16FIN2O3/c1-7(2)10(3-4-17)15-11-5-8(13)9(14)6-12(11)16(18)19/h5-7,10,15,17H,3-4H2,1-2H3. The summed E-state index contributed by atoms with van der Waals surface area (Å²) in [6.07, 6.45) is 0.447. The van der Waals surface area contributed by atoms with Crippen molar-refractivity contribution in [2.75, 3.05) is 11.9 Å². The summed E-state index contributed by atoms with van der Waals surface area (Å²) in [6.45, 7) is 3.83. The first-order valence-corrected chi connectivity index (χ1v) is 6.95.